The Balaban J connectivity index is 1.58. The smallest absolute Gasteiger partial charge is 0.253 e. The summed E-state index contributed by atoms with van der Waals surface area (Å²) >= 11 is 0. The van der Waals surface area contributed by atoms with E-state index in [1.165, 1.54) is 5.56 Å². The second-order valence-electron chi connectivity index (χ2n) is 7.95. The summed E-state index contributed by atoms with van der Waals surface area (Å²) in [7, 11) is 7.28. The van der Waals surface area contributed by atoms with Crippen LogP contribution in [0, 0.1) is 0 Å². The van der Waals surface area contributed by atoms with Gasteiger partial charge in [0.25, 0.3) is 5.91 Å². The van der Waals surface area contributed by atoms with E-state index >= 15 is 0 Å². The van der Waals surface area contributed by atoms with Gasteiger partial charge in [0.1, 0.15) is 0 Å². The predicted octanol–water partition coefficient (Wildman–Crippen LogP) is 2.77. The van der Waals surface area contributed by atoms with Crippen molar-refractivity contribution in [3.63, 3.8) is 0 Å². The van der Waals surface area contributed by atoms with Crippen molar-refractivity contribution in [3.05, 3.63) is 59.2 Å². The number of benzene rings is 2. The monoisotopic (exact) mass is 411 g/mol. The molecule has 0 atom stereocenters. The molecule has 2 aromatic rings. The fraction of sp³-hybridized carbons (Fsp3) is 0.458. The van der Waals surface area contributed by atoms with E-state index in [9.17, 15) is 4.79 Å². The molecule has 1 amide bonds. The van der Waals surface area contributed by atoms with E-state index in [2.05, 4.69) is 22.9 Å². The van der Waals surface area contributed by atoms with Crippen LogP contribution in [0.3, 0.4) is 0 Å². The van der Waals surface area contributed by atoms with Crippen LogP contribution in [0.5, 0.6) is 11.5 Å². The molecular weight excluding hydrogens is 378 g/mol. The second-order valence-corrected chi connectivity index (χ2v) is 7.95. The maximum absolute atomic E-state index is 12.9. The molecule has 2 aromatic carbocycles. The first-order chi connectivity index (χ1) is 14.5. The van der Waals surface area contributed by atoms with E-state index < -0.39 is 0 Å². The Morgan fingerprint density at radius 3 is 2.40 bits per heavy atom. The van der Waals surface area contributed by atoms with Gasteiger partial charge in [0.2, 0.25) is 0 Å². The minimum atomic E-state index is 0.0516. The van der Waals surface area contributed by atoms with Crippen molar-refractivity contribution in [2.45, 2.75) is 13.0 Å². The molecule has 0 bridgehead atoms. The van der Waals surface area contributed by atoms with Crippen molar-refractivity contribution in [1.82, 2.24) is 14.7 Å². The van der Waals surface area contributed by atoms with Gasteiger partial charge >= 0.3 is 0 Å². The average molecular weight is 412 g/mol. The predicted molar refractivity (Wildman–Crippen MR) is 119 cm³/mol. The number of carbonyl (C=O) groups excluding carboxylic acids is 1. The number of carbonyl (C=O) groups is 1. The zero-order valence-electron chi connectivity index (χ0n) is 18.6. The number of methoxy groups -OCH3 is 2. The molecule has 1 aliphatic rings. The number of piperazine rings is 1. The number of amides is 1. The minimum Gasteiger partial charge on any atom is -0.493 e. The van der Waals surface area contributed by atoms with Crippen LogP contribution >= 0.6 is 0 Å². The molecule has 1 aliphatic heterocycles. The van der Waals surface area contributed by atoms with Crippen molar-refractivity contribution in [2.24, 2.45) is 0 Å². The molecule has 6 heteroatoms. The van der Waals surface area contributed by atoms with Gasteiger partial charge in [-0.1, -0.05) is 18.2 Å². The van der Waals surface area contributed by atoms with Crippen LogP contribution in [-0.2, 0) is 13.0 Å². The molecule has 162 valence electrons. The van der Waals surface area contributed by atoms with Crippen LogP contribution in [-0.4, -0.2) is 81.6 Å². The van der Waals surface area contributed by atoms with E-state index in [0.29, 0.717) is 18.0 Å². The Kier molecular flexibility index (Phi) is 7.71. The van der Waals surface area contributed by atoms with Crippen LogP contribution in [0.4, 0.5) is 0 Å². The lowest BCUT2D eigenvalue weighted by atomic mass is 10.1. The molecule has 3 rings (SSSR count). The number of likely N-dealkylation sites (N-methyl/N-ethyl adjacent to an activating group) is 2. The van der Waals surface area contributed by atoms with Gasteiger partial charge in [-0.05, 0) is 48.9 Å². The molecule has 0 saturated carbocycles. The minimum absolute atomic E-state index is 0.0516. The summed E-state index contributed by atoms with van der Waals surface area (Å²) in [5, 5.41) is 0. The van der Waals surface area contributed by atoms with Crippen LogP contribution < -0.4 is 9.47 Å². The molecule has 0 radical (unpaired) electrons. The summed E-state index contributed by atoms with van der Waals surface area (Å²) < 4.78 is 10.7. The highest BCUT2D eigenvalue weighted by Crippen LogP contribution is 2.27. The second kappa shape index (κ2) is 10.5. The van der Waals surface area contributed by atoms with Crippen molar-refractivity contribution >= 4 is 5.91 Å². The van der Waals surface area contributed by atoms with Crippen LogP contribution in [0.1, 0.15) is 21.5 Å². The summed E-state index contributed by atoms with van der Waals surface area (Å²) in [5.74, 6) is 1.47. The molecule has 0 aromatic heterocycles. The number of rotatable bonds is 8. The number of hydrogen-bond donors (Lipinski definition) is 0. The van der Waals surface area contributed by atoms with Crippen LogP contribution in [0.2, 0.25) is 0 Å². The molecule has 6 nitrogen and oxygen atoms in total. The highest BCUT2D eigenvalue weighted by molar-refractivity contribution is 5.94. The summed E-state index contributed by atoms with van der Waals surface area (Å²) in [6.45, 7) is 5.86. The van der Waals surface area contributed by atoms with Gasteiger partial charge in [-0.3, -0.25) is 9.69 Å². The SMILES string of the molecule is COc1ccc(CCN(C)C(=O)c2cccc(CN3CCN(C)CC3)c2)cc1OC. The summed E-state index contributed by atoms with van der Waals surface area (Å²) in [4.78, 5) is 19.5. The topological polar surface area (TPSA) is 45.2 Å². The van der Waals surface area contributed by atoms with E-state index in [-0.39, 0.29) is 5.91 Å². The quantitative estimate of drug-likeness (QED) is 0.668. The third-order valence-corrected chi connectivity index (χ3v) is 5.71. The first-order valence-corrected chi connectivity index (χ1v) is 10.5. The summed E-state index contributed by atoms with van der Waals surface area (Å²) in [6.07, 6.45) is 0.754. The Hall–Kier alpha value is -2.57. The maximum Gasteiger partial charge on any atom is 0.253 e. The highest BCUT2D eigenvalue weighted by Gasteiger charge is 2.16. The van der Waals surface area contributed by atoms with Gasteiger partial charge in [0.15, 0.2) is 11.5 Å². The van der Waals surface area contributed by atoms with E-state index in [1.54, 1.807) is 19.1 Å². The van der Waals surface area contributed by atoms with Gasteiger partial charge in [-0.25, -0.2) is 0 Å². The van der Waals surface area contributed by atoms with Crippen molar-refractivity contribution in [1.29, 1.82) is 0 Å². The summed E-state index contributed by atoms with van der Waals surface area (Å²) in [6, 6.07) is 13.9. The summed E-state index contributed by atoms with van der Waals surface area (Å²) in [5.41, 5.74) is 3.05. The van der Waals surface area contributed by atoms with Crippen molar-refractivity contribution < 1.29 is 14.3 Å². The fourth-order valence-corrected chi connectivity index (χ4v) is 3.72. The highest BCUT2D eigenvalue weighted by atomic mass is 16.5. The van der Waals surface area contributed by atoms with Gasteiger partial charge in [0.05, 0.1) is 14.2 Å². The number of hydrogen-bond acceptors (Lipinski definition) is 5. The number of nitrogens with zero attached hydrogens (tertiary/aromatic N) is 3. The lowest BCUT2D eigenvalue weighted by molar-refractivity contribution is 0.0796. The van der Waals surface area contributed by atoms with E-state index in [4.69, 9.17) is 9.47 Å². The van der Waals surface area contributed by atoms with Gasteiger partial charge in [0, 0.05) is 51.9 Å². The molecule has 0 aliphatic carbocycles. The normalized spacial score (nSPS) is 15.1. The van der Waals surface area contributed by atoms with Crippen LogP contribution in [0.15, 0.2) is 42.5 Å². The van der Waals surface area contributed by atoms with Crippen molar-refractivity contribution in [3.8, 4) is 11.5 Å². The van der Waals surface area contributed by atoms with Crippen molar-refractivity contribution in [2.75, 3.05) is 61.0 Å². The molecule has 30 heavy (non-hydrogen) atoms. The number of ether oxygens (including phenoxy) is 2. The first kappa shape index (κ1) is 22.1. The lowest BCUT2D eigenvalue weighted by Crippen LogP contribution is -2.43. The molecular formula is C24H33N3O3. The van der Waals surface area contributed by atoms with Crippen LogP contribution in [0.25, 0.3) is 0 Å². The molecule has 1 saturated heterocycles. The lowest BCUT2D eigenvalue weighted by Gasteiger charge is -2.32. The Labute approximate surface area is 180 Å². The zero-order chi connectivity index (χ0) is 21.5. The maximum atomic E-state index is 12.9. The third kappa shape index (κ3) is 5.74. The van der Waals surface area contributed by atoms with Gasteiger partial charge in [-0.2, -0.15) is 0 Å². The molecule has 1 heterocycles. The third-order valence-electron chi connectivity index (χ3n) is 5.71. The Bertz CT molecular complexity index is 847. The van der Waals surface area contributed by atoms with E-state index in [1.807, 2.05) is 43.4 Å². The Morgan fingerprint density at radius 1 is 0.967 bits per heavy atom. The average Bonchev–Trinajstić information content (AvgIpc) is 2.78. The van der Waals surface area contributed by atoms with Gasteiger partial charge in [-0.15, -0.1) is 0 Å². The molecule has 1 fully saturated rings. The standard InChI is InChI=1S/C24H33N3O3/c1-25-12-14-27(15-13-25)18-20-6-5-7-21(16-20)24(28)26(2)11-10-19-8-9-22(29-3)23(17-19)30-4/h5-9,16-17H,10-15,18H2,1-4H3. The molecule has 0 spiro atoms. The first-order valence-electron chi connectivity index (χ1n) is 10.5. The molecule has 0 unspecified atom stereocenters. The Morgan fingerprint density at radius 2 is 1.70 bits per heavy atom. The van der Waals surface area contributed by atoms with E-state index in [0.717, 1.165) is 50.3 Å². The van der Waals surface area contributed by atoms with Gasteiger partial charge < -0.3 is 19.3 Å². The fourth-order valence-electron chi connectivity index (χ4n) is 3.72. The molecule has 0 N–H and O–H groups in total. The zero-order valence-corrected chi connectivity index (χ0v) is 18.6. The largest absolute Gasteiger partial charge is 0.493 e.